The third-order valence-corrected chi connectivity index (χ3v) is 5.64. The highest BCUT2D eigenvalue weighted by Gasteiger charge is 2.16. The van der Waals surface area contributed by atoms with Gasteiger partial charge in [-0.1, -0.05) is 30.3 Å². The van der Waals surface area contributed by atoms with Gasteiger partial charge in [0.05, 0.1) is 12.4 Å². The molecule has 3 heterocycles. The van der Waals surface area contributed by atoms with Gasteiger partial charge in [-0.3, -0.25) is 0 Å². The van der Waals surface area contributed by atoms with E-state index in [0.717, 1.165) is 50.4 Å². The number of rotatable bonds is 5. The molecule has 0 bridgehead atoms. The van der Waals surface area contributed by atoms with E-state index in [2.05, 4.69) is 37.8 Å². The number of benzene rings is 3. The first-order chi connectivity index (χ1) is 16.6. The number of tetrazole rings is 1. The molecule has 0 saturated heterocycles. The molecule has 6 rings (SSSR count). The summed E-state index contributed by atoms with van der Waals surface area (Å²) in [5.41, 5.74) is 11.2. The maximum Gasteiger partial charge on any atom is 0.204 e. The molecule has 6 aromatic rings. The lowest BCUT2D eigenvalue weighted by Crippen LogP contribution is -2.02. The predicted molar refractivity (Wildman–Crippen MR) is 133 cm³/mol. The standard InChI is InChI=1S/C25H21N9/c1-34-32-23(31-33-34)16-7-12-20-19(14-16)22-24(27-18-10-8-17(26)9-11-18)29-21(30-25(22)28-20)13-15-5-3-2-4-6-15/h2-12,14H,13,26H2,1H3,(H2,27,28,29,30). The normalized spacial score (nSPS) is 11.3. The molecular weight excluding hydrogens is 426 g/mol. The molecule has 3 aromatic carbocycles. The highest BCUT2D eigenvalue weighted by atomic mass is 15.6. The van der Waals surface area contributed by atoms with Crippen LogP contribution in [0.2, 0.25) is 0 Å². The summed E-state index contributed by atoms with van der Waals surface area (Å²) in [4.78, 5) is 14.7. The van der Waals surface area contributed by atoms with Crippen LogP contribution in [0.4, 0.5) is 17.2 Å². The van der Waals surface area contributed by atoms with Crippen LogP contribution in [0.1, 0.15) is 11.4 Å². The lowest BCUT2D eigenvalue weighted by molar-refractivity contribution is 0.630. The minimum Gasteiger partial charge on any atom is -0.399 e. The van der Waals surface area contributed by atoms with E-state index in [1.165, 1.54) is 4.80 Å². The van der Waals surface area contributed by atoms with Gasteiger partial charge in [0.25, 0.3) is 0 Å². The first-order valence-electron chi connectivity index (χ1n) is 10.9. The zero-order valence-corrected chi connectivity index (χ0v) is 18.4. The number of hydrogen-bond donors (Lipinski definition) is 3. The van der Waals surface area contributed by atoms with Crippen molar-refractivity contribution in [3.05, 3.63) is 84.2 Å². The third kappa shape index (κ3) is 3.69. The molecule has 0 aliphatic rings. The van der Waals surface area contributed by atoms with Crippen molar-refractivity contribution in [2.45, 2.75) is 6.42 Å². The molecule has 166 valence electrons. The van der Waals surface area contributed by atoms with Gasteiger partial charge in [0.1, 0.15) is 17.3 Å². The third-order valence-electron chi connectivity index (χ3n) is 5.64. The average Bonchev–Trinajstić information content (AvgIpc) is 3.44. The molecule has 0 atom stereocenters. The molecule has 0 amide bonds. The van der Waals surface area contributed by atoms with E-state index in [-0.39, 0.29) is 0 Å². The van der Waals surface area contributed by atoms with Crippen LogP contribution >= 0.6 is 0 Å². The Morgan fingerprint density at radius 2 is 1.79 bits per heavy atom. The monoisotopic (exact) mass is 447 g/mol. The Morgan fingerprint density at radius 1 is 0.971 bits per heavy atom. The number of aromatic nitrogens is 7. The van der Waals surface area contributed by atoms with Crippen molar-refractivity contribution in [1.82, 2.24) is 35.2 Å². The van der Waals surface area contributed by atoms with Crippen LogP contribution in [0.3, 0.4) is 0 Å². The number of hydrogen-bond acceptors (Lipinski definition) is 7. The molecular formula is C25H21N9. The Morgan fingerprint density at radius 3 is 2.56 bits per heavy atom. The zero-order chi connectivity index (χ0) is 23.1. The number of nitrogens with two attached hydrogens (primary N) is 1. The summed E-state index contributed by atoms with van der Waals surface area (Å²) in [7, 11) is 1.75. The minimum atomic E-state index is 0.563. The molecule has 4 N–H and O–H groups in total. The number of fused-ring (bicyclic) bond motifs is 3. The Kier molecular flexibility index (Phi) is 4.65. The molecule has 0 aliphatic heterocycles. The van der Waals surface area contributed by atoms with Crippen LogP contribution in [0, 0.1) is 0 Å². The second-order valence-electron chi connectivity index (χ2n) is 8.11. The minimum absolute atomic E-state index is 0.563. The molecule has 34 heavy (non-hydrogen) atoms. The summed E-state index contributed by atoms with van der Waals surface area (Å²) in [6.07, 6.45) is 0.622. The van der Waals surface area contributed by atoms with Crippen molar-refractivity contribution in [2.75, 3.05) is 11.1 Å². The van der Waals surface area contributed by atoms with Crippen LogP contribution in [0.25, 0.3) is 33.3 Å². The van der Waals surface area contributed by atoms with Gasteiger partial charge in [-0.2, -0.15) is 4.80 Å². The lowest BCUT2D eigenvalue weighted by Gasteiger charge is -2.10. The van der Waals surface area contributed by atoms with E-state index in [4.69, 9.17) is 15.7 Å². The Bertz CT molecular complexity index is 1620. The number of nitrogen functional groups attached to an aromatic ring is 1. The van der Waals surface area contributed by atoms with E-state index < -0.39 is 0 Å². The smallest absolute Gasteiger partial charge is 0.204 e. The van der Waals surface area contributed by atoms with Crippen molar-refractivity contribution in [3.8, 4) is 11.4 Å². The highest BCUT2D eigenvalue weighted by molar-refractivity contribution is 6.12. The maximum atomic E-state index is 5.88. The van der Waals surface area contributed by atoms with E-state index in [1.807, 2.05) is 60.7 Å². The fraction of sp³-hybridized carbons (Fsp3) is 0.0800. The summed E-state index contributed by atoms with van der Waals surface area (Å²) in [6, 6.07) is 23.8. The van der Waals surface area contributed by atoms with Crippen LogP contribution < -0.4 is 11.1 Å². The summed E-state index contributed by atoms with van der Waals surface area (Å²) in [6.45, 7) is 0. The maximum absolute atomic E-state index is 5.88. The van der Waals surface area contributed by atoms with Gasteiger partial charge in [-0.15, -0.1) is 10.2 Å². The van der Waals surface area contributed by atoms with Gasteiger partial charge >= 0.3 is 0 Å². The van der Waals surface area contributed by atoms with Crippen molar-refractivity contribution in [3.63, 3.8) is 0 Å². The van der Waals surface area contributed by atoms with Crippen molar-refractivity contribution < 1.29 is 0 Å². The van der Waals surface area contributed by atoms with Gasteiger partial charge in [-0.05, 0) is 53.2 Å². The predicted octanol–water partition coefficient (Wildman–Crippen LogP) is 4.22. The van der Waals surface area contributed by atoms with Gasteiger partial charge in [0, 0.05) is 34.3 Å². The zero-order valence-electron chi connectivity index (χ0n) is 18.4. The second kappa shape index (κ2) is 7.96. The van der Waals surface area contributed by atoms with Gasteiger partial charge in [0.2, 0.25) is 5.82 Å². The molecule has 9 heteroatoms. The Balaban J connectivity index is 1.52. The first-order valence-corrected chi connectivity index (χ1v) is 10.9. The van der Waals surface area contributed by atoms with E-state index in [1.54, 1.807) is 7.05 Å². The molecule has 0 fully saturated rings. The average molecular weight is 448 g/mol. The number of aryl methyl sites for hydroxylation is 1. The topological polar surface area (TPSA) is 123 Å². The lowest BCUT2D eigenvalue weighted by atomic mass is 10.1. The van der Waals surface area contributed by atoms with E-state index >= 15 is 0 Å². The van der Waals surface area contributed by atoms with Crippen LogP contribution in [-0.2, 0) is 13.5 Å². The number of anilines is 3. The number of nitrogens with one attached hydrogen (secondary N) is 2. The molecule has 0 spiro atoms. The molecule has 9 nitrogen and oxygen atoms in total. The van der Waals surface area contributed by atoms with Crippen molar-refractivity contribution >= 4 is 39.1 Å². The summed E-state index contributed by atoms with van der Waals surface area (Å²) < 4.78 is 0. The number of aromatic amines is 1. The van der Waals surface area contributed by atoms with Crippen LogP contribution in [-0.4, -0.2) is 35.2 Å². The molecule has 0 radical (unpaired) electrons. The number of H-pyrrole nitrogens is 1. The Hall–Kier alpha value is -4.79. The SMILES string of the molecule is Cn1nnc(-c2ccc3[nH]c4nc(Cc5ccccc5)nc(Nc5ccc(N)cc5)c4c3c2)n1. The largest absolute Gasteiger partial charge is 0.399 e. The second-order valence-corrected chi connectivity index (χ2v) is 8.11. The number of nitrogens with zero attached hydrogens (tertiary/aromatic N) is 6. The first kappa shape index (κ1) is 19.9. The van der Waals surface area contributed by atoms with Crippen molar-refractivity contribution in [2.24, 2.45) is 7.05 Å². The quantitative estimate of drug-likeness (QED) is 0.338. The van der Waals surface area contributed by atoms with Crippen LogP contribution in [0.15, 0.2) is 72.8 Å². The van der Waals surface area contributed by atoms with E-state index in [9.17, 15) is 0 Å². The highest BCUT2D eigenvalue weighted by Crippen LogP contribution is 2.34. The fourth-order valence-corrected chi connectivity index (χ4v) is 4.03. The van der Waals surface area contributed by atoms with Gasteiger partial charge in [-0.25, -0.2) is 9.97 Å². The van der Waals surface area contributed by atoms with Gasteiger partial charge < -0.3 is 16.0 Å². The van der Waals surface area contributed by atoms with Crippen molar-refractivity contribution in [1.29, 1.82) is 0 Å². The molecule has 0 unspecified atom stereocenters. The molecule has 0 saturated carbocycles. The van der Waals surface area contributed by atoms with E-state index in [0.29, 0.717) is 17.9 Å². The van der Waals surface area contributed by atoms with Crippen LogP contribution in [0.5, 0.6) is 0 Å². The molecule has 3 aromatic heterocycles. The summed E-state index contributed by atoms with van der Waals surface area (Å²) in [5.74, 6) is 2.00. The van der Waals surface area contributed by atoms with Gasteiger partial charge in [0.15, 0.2) is 0 Å². The fourth-order valence-electron chi connectivity index (χ4n) is 4.03. The summed E-state index contributed by atoms with van der Waals surface area (Å²) in [5, 5.41) is 17.8. The Labute approximate surface area is 194 Å². The molecule has 0 aliphatic carbocycles. The summed E-state index contributed by atoms with van der Waals surface area (Å²) >= 11 is 0.